The van der Waals surface area contributed by atoms with Gasteiger partial charge in [0.25, 0.3) is 0 Å². The summed E-state index contributed by atoms with van der Waals surface area (Å²) >= 11 is -0.784. The van der Waals surface area contributed by atoms with Crippen LogP contribution in [0.2, 0.25) is 0 Å². The van der Waals surface area contributed by atoms with E-state index in [0.29, 0.717) is 21.1 Å². The molecule has 134 valence electrons. The first kappa shape index (κ1) is 17.7. The summed E-state index contributed by atoms with van der Waals surface area (Å²) in [6.07, 6.45) is 2.40. The van der Waals surface area contributed by atoms with E-state index in [9.17, 15) is 9.90 Å². The van der Waals surface area contributed by atoms with Crippen molar-refractivity contribution >= 4 is 11.0 Å². The van der Waals surface area contributed by atoms with Crippen LogP contribution in [0.25, 0.3) is 11.0 Å². The average molecular weight is 469 g/mol. The third kappa shape index (κ3) is 3.73. The first-order chi connectivity index (χ1) is 13.2. The van der Waals surface area contributed by atoms with Crippen LogP contribution in [0.15, 0.2) is 83.8 Å². The lowest BCUT2D eigenvalue weighted by atomic mass is 10.1. The summed E-state index contributed by atoms with van der Waals surface area (Å²) in [6, 6.07) is 23.6. The monoisotopic (exact) mass is 469 g/mol. The maximum atomic E-state index is 13.2. The molecule has 2 heterocycles. The lowest BCUT2D eigenvalue weighted by Crippen LogP contribution is -3.62. The van der Waals surface area contributed by atoms with Gasteiger partial charge in [0.2, 0.25) is 0 Å². The molecule has 0 fully saturated rings. The second-order valence-corrected chi connectivity index (χ2v) is 8.98. The van der Waals surface area contributed by atoms with Crippen molar-refractivity contribution in [1.29, 1.82) is 0 Å². The minimum absolute atomic E-state index is 0.0794. The molecule has 27 heavy (non-hydrogen) atoms. The Kier molecular flexibility index (Phi) is 5.20. The van der Waals surface area contributed by atoms with Gasteiger partial charge in [0.15, 0.2) is 9.32 Å². The molecular weight excluding hydrogens is 451 g/mol. The van der Waals surface area contributed by atoms with Gasteiger partial charge < -0.3 is 5.11 Å². The largest absolute Gasteiger partial charge is 0.503 e. The van der Waals surface area contributed by atoms with Crippen molar-refractivity contribution in [3.05, 3.63) is 102 Å². The van der Waals surface area contributed by atoms with Crippen molar-refractivity contribution in [2.24, 2.45) is 0 Å². The smallest absolute Gasteiger partial charge is 0.368 e. The van der Waals surface area contributed by atoms with Gasteiger partial charge in [-0.15, -0.1) is 0 Å². The predicted octanol–water partition coefficient (Wildman–Crippen LogP) is 0.473. The molecule has 0 saturated heterocycles. The summed E-state index contributed by atoms with van der Waals surface area (Å²) in [7, 11) is 0. The number of hydrogen-bond acceptors (Lipinski definition) is 3. The minimum Gasteiger partial charge on any atom is -0.503 e. The van der Waals surface area contributed by atoms with Crippen LogP contribution in [-0.4, -0.2) is 14.7 Å². The van der Waals surface area contributed by atoms with Crippen LogP contribution in [0.3, 0.4) is 0 Å². The second kappa shape index (κ2) is 7.92. The highest BCUT2D eigenvalue weighted by atomic mass is 127. The molecule has 0 bridgehead atoms. The van der Waals surface area contributed by atoms with Crippen molar-refractivity contribution in [2.45, 2.75) is 13.0 Å². The fraction of sp³-hybridized carbons (Fsp3) is 0.0909. The Bertz CT molecular complexity index is 1130. The number of pyridine rings is 2. The molecule has 4 aromatic rings. The van der Waals surface area contributed by atoms with Gasteiger partial charge in [0.1, 0.15) is 5.65 Å². The van der Waals surface area contributed by atoms with Crippen LogP contribution in [0.5, 0.6) is 5.75 Å². The van der Waals surface area contributed by atoms with Gasteiger partial charge in [0.05, 0.1) is 5.39 Å². The summed E-state index contributed by atoms with van der Waals surface area (Å²) in [4.78, 5) is 17.6. The fourth-order valence-electron chi connectivity index (χ4n) is 3.00. The van der Waals surface area contributed by atoms with E-state index in [2.05, 4.69) is 17.1 Å². The van der Waals surface area contributed by atoms with E-state index in [4.69, 9.17) is 0 Å². The van der Waals surface area contributed by atoms with Gasteiger partial charge in [-0.05, 0) is 36.2 Å². The normalized spacial score (nSPS) is 11.0. The topological polar surface area (TPSA) is 55.1 Å². The summed E-state index contributed by atoms with van der Waals surface area (Å²) in [6.45, 7) is 0.530. The zero-order valence-corrected chi connectivity index (χ0v) is 16.7. The highest BCUT2D eigenvalue weighted by Crippen LogP contribution is 2.20. The Morgan fingerprint density at radius 1 is 0.926 bits per heavy atom. The average Bonchev–Trinajstić information content (AvgIpc) is 2.73. The molecule has 2 aromatic carbocycles. The van der Waals surface area contributed by atoms with Crippen molar-refractivity contribution in [3.63, 3.8) is 0 Å². The molecule has 0 aliphatic heterocycles. The van der Waals surface area contributed by atoms with E-state index in [0.717, 1.165) is 9.99 Å². The molecule has 0 atom stereocenters. The number of aryl methyl sites for hydroxylation is 2. The number of aromatic hydroxyl groups is 1. The first-order valence-electron chi connectivity index (χ1n) is 8.68. The number of hydrogen-bond donors (Lipinski definition) is 1. The maximum absolute atomic E-state index is 13.2. The summed E-state index contributed by atoms with van der Waals surface area (Å²) < 4.78 is 3.33. The zero-order valence-electron chi connectivity index (χ0n) is 14.5. The van der Waals surface area contributed by atoms with Gasteiger partial charge >= 0.3 is 30.3 Å². The molecule has 0 unspecified atom stereocenters. The Labute approximate surface area is 167 Å². The zero-order chi connectivity index (χ0) is 18.6. The Morgan fingerprint density at radius 2 is 1.63 bits per heavy atom. The van der Waals surface area contributed by atoms with Crippen LogP contribution < -0.4 is 26.8 Å². The molecule has 0 amide bonds. The quantitative estimate of drug-likeness (QED) is 0.433. The van der Waals surface area contributed by atoms with E-state index in [1.165, 1.54) is 5.56 Å². The van der Waals surface area contributed by atoms with Gasteiger partial charge in [-0.25, -0.2) is 4.98 Å². The molecule has 1 N–H and O–H groups in total. The second-order valence-electron chi connectivity index (χ2n) is 6.12. The third-order valence-corrected chi connectivity index (χ3v) is 7.20. The number of fused-ring (bicyclic) bond motifs is 1. The van der Waals surface area contributed by atoms with Gasteiger partial charge in [-0.1, -0.05) is 48.5 Å². The van der Waals surface area contributed by atoms with Crippen molar-refractivity contribution in [2.75, 3.05) is 0 Å². The molecule has 0 spiro atoms. The standard InChI is InChI=1S/C22H17IN2O2/c26-20-18-12-7-14-24-21(18)25(15-13-16-8-3-1-4-9-16)22(27)19(20)23-17-10-5-2-6-11-17/h1-12,14H,13,15H2/p+1. The maximum Gasteiger partial charge on any atom is 0.368 e. The van der Waals surface area contributed by atoms with E-state index in [-0.39, 0.29) is 11.3 Å². The van der Waals surface area contributed by atoms with Gasteiger partial charge in [-0.2, -0.15) is 0 Å². The molecule has 4 nitrogen and oxygen atoms in total. The summed E-state index contributed by atoms with van der Waals surface area (Å²) in [5, 5.41) is 11.4. The number of halogens is 1. The summed E-state index contributed by atoms with van der Waals surface area (Å²) in [5.74, 6) is 0.0794. The van der Waals surface area contributed by atoms with Crippen LogP contribution in [0.1, 0.15) is 5.56 Å². The van der Waals surface area contributed by atoms with E-state index < -0.39 is 21.2 Å². The molecule has 0 aliphatic carbocycles. The lowest BCUT2D eigenvalue weighted by molar-refractivity contribution is -0.600. The molecule has 2 aromatic heterocycles. The number of nitrogens with zero attached hydrogens (tertiary/aromatic N) is 2. The lowest BCUT2D eigenvalue weighted by Gasteiger charge is -2.10. The van der Waals surface area contributed by atoms with Crippen molar-refractivity contribution in [1.82, 2.24) is 9.55 Å². The third-order valence-electron chi connectivity index (χ3n) is 4.34. The highest BCUT2D eigenvalue weighted by Gasteiger charge is 2.29. The van der Waals surface area contributed by atoms with Crippen LogP contribution >= 0.6 is 0 Å². The van der Waals surface area contributed by atoms with E-state index >= 15 is 0 Å². The van der Waals surface area contributed by atoms with E-state index in [1.54, 1.807) is 16.8 Å². The fourth-order valence-corrected chi connectivity index (χ4v) is 5.46. The van der Waals surface area contributed by atoms with Gasteiger partial charge in [0, 0.05) is 12.7 Å². The van der Waals surface area contributed by atoms with Crippen LogP contribution in [0.4, 0.5) is 0 Å². The molecule has 0 radical (unpaired) electrons. The highest BCUT2D eigenvalue weighted by molar-refractivity contribution is 5.81. The molecular formula is C22H18IN2O2+. The van der Waals surface area contributed by atoms with Crippen molar-refractivity contribution < 1.29 is 26.3 Å². The number of aromatic nitrogens is 2. The molecule has 5 heteroatoms. The predicted molar refractivity (Wildman–Crippen MR) is 102 cm³/mol. The van der Waals surface area contributed by atoms with E-state index in [1.807, 2.05) is 54.6 Å². The Hall–Kier alpha value is -2.67. The Balaban J connectivity index is 1.80. The summed E-state index contributed by atoms with van der Waals surface area (Å²) in [5.41, 5.74) is 1.57. The van der Waals surface area contributed by atoms with Crippen molar-refractivity contribution in [3.8, 4) is 5.75 Å². The minimum atomic E-state index is -0.784. The van der Waals surface area contributed by atoms with Crippen LogP contribution in [-0.2, 0) is 13.0 Å². The number of rotatable bonds is 5. The molecule has 0 saturated carbocycles. The van der Waals surface area contributed by atoms with Gasteiger partial charge in [-0.3, -0.25) is 9.36 Å². The molecule has 4 rings (SSSR count). The van der Waals surface area contributed by atoms with Crippen LogP contribution in [0, 0.1) is 7.14 Å². The SMILES string of the molecule is O=c1c([I+]c2ccccc2)c(O)c2cccnc2n1CCc1ccccc1. The Morgan fingerprint density at radius 3 is 2.37 bits per heavy atom. The molecule has 0 aliphatic rings. The number of benzene rings is 2. The first-order valence-corrected chi connectivity index (χ1v) is 10.8.